The van der Waals surface area contributed by atoms with Crippen LogP contribution in [-0.2, 0) is 9.53 Å². The number of benzene rings is 1. The second-order valence-corrected chi connectivity index (χ2v) is 4.52. The molecular formula is C14H17FO2. The topological polar surface area (TPSA) is 26.3 Å². The number of hydrogen-bond donors (Lipinski definition) is 0. The lowest BCUT2D eigenvalue weighted by Crippen LogP contribution is -2.08. The van der Waals surface area contributed by atoms with Gasteiger partial charge in [-0.3, -0.25) is 4.79 Å². The molecule has 0 aromatic heterocycles. The van der Waals surface area contributed by atoms with E-state index in [1.807, 2.05) is 0 Å². The summed E-state index contributed by atoms with van der Waals surface area (Å²) in [5, 5.41) is 0. The molecule has 1 aromatic carbocycles. The van der Waals surface area contributed by atoms with E-state index in [2.05, 4.69) is 6.92 Å². The molecule has 17 heavy (non-hydrogen) atoms. The quantitative estimate of drug-likeness (QED) is 0.579. The minimum absolute atomic E-state index is 0.0164. The third-order valence-electron chi connectivity index (χ3n) is 3.13. The van der Waals surface area contributed by atoms with Crippen LogP contribution in [0.15, 0.2) is 24.3 Å². The van der Waals surface area contributed by atoms with E-state index in [0.29, 0.717) is 6.61 Å². The van der Waals surface area contributed by atoms with Gasteiger partial charge in [0.2, 0.25) is 0 Å². The zero-order valence-electron chi connectivity index (χ0n) is 9.99. The van der Waals surface area contributed by atoms with Crippen molar-refractivity contribution in [1.29, 1.82) is 0 Å². The molecule has 2 atom stereocenters. The van der Waals surface area contributed by atoms with Crippen LogP contribution in [0.25, 0.3) is 0 Å². The number of unbranched alkanes of at least 4 members (excludes halogenated alkanes) is 1. The number of hydrogen-bond acceptors (Lipinski definition) is 2. The van der Waals surface area contributed by atoms with Crippen LogP contribution in [0.5, 0.6) is 0 Å². The lowest BCUT2D eigenvalue weighted by molar-refractivity contribution is -0.145. The van der Waals surface area contributed by atoms with Crippen LogP contribution in [0.4, 0.5) is 4.39 Å². The molecule has 1 saturated carbocycles. The Labute approximate surface area is 101 Å². The third kappa shape index (κ3) is 3.05. The van der Waals surface area contributed by atoms with E-state index in [-0.39, 0.29) is 23.6 Å². The summed E-state index contributed by atoms with van der Waals surface area (Å²) in [4.78, 5) is 11.6. The molecule has 1 aromatic rings. The molecule has 0 aliphatic heterocycles. The molecule has 1 aliphatic carbocycles. The molecule has 0 bridgehead atoms. The van der Waals surface area contributed by atoms with E-state index >= 15 is 0 Å². The smallest absolute Gasteiger partial charge is 0.309 e. The minimum atomic E-state index is -0.239. The van der Waals surface area contributed by atoms with E-state index in [1.165, 1.54) is 12.1 Å². The Kier molecular flexibility index (Phi) is 3.77. The summed E-state index contributed by atoms with van der Waals surface area (Å²) >= 11 is 0. The van der Waals surface area contributed by atoms with Crippen LogP contribution >= 0.6 is 0 Å². The monoisotopic (exact) mass is 236 g/mol. The van der Waals surface area contributed by atoms with Gasteiger partial charge in [-0.15, -0.1) is 0 Å². The molecule has 2 unspecified atom stereocenters. The Morgan fingerprint density at radius 1 is 1.41 bits per heavy atom. The lowest BCUT2D eigenvalue weighted by Gasteiger charge is -2.03. The third-order valence-corrected chi connectivity index (χ3v) is 3.13. The Morgan fingerprint density at radius 3 is 2.76 bits per heavy atom. The second-order valence-electron chi connectivity index (χ2n) is 4.52. The summed E-state index contributed by atoms with van der Waals surface area (Å²) in [6, 6.07) is 6.37. The van der Waals surface area contributed by atoms with Gasteiger partial charge in [0, 0.05) is 0 Å². The highest BCUT2D eigenvalue weighted by Crippen LogP contribution is 2.48. The normalized spacial score (nSPS) is 22.2. The molecule has 0 N–H and O–H groups in total. The first-order valence-electron chi connectivity index (χ1n) is 6.14. The van der Waals surface area contributed by atoms with Crippen LogP contribution in [0.1, 0.15) is 37.7 Å². The van der Waals surface area contributed by atoms with E-state index in [0.717, 1.165) is 24.8 Å². The van der Waals surface area contributed by atoms with E-state index in [1.54, 1.807) is 12.1 Å². The number of esters is 1. The molecule has 0 amide bonds. The summed E-state index contributed by atoms with van der Waals surface area (Å²) in [7, 11) is 0. The van der Waals surface area contributed by atoms with Gasteiger partial charge in [0.05, 0.1) is 12.5 Å². The molecule has 1 aliphatic rings. The molecule has 3 heteroatoms. The SMILES string of the molecule is CCCCOC(=O)C1CC1c1ccc(F)cc1. The van der Waals surface area contributed by atoms with Gasteiger partial charge in [0.15, 0.2) is 0 Å². The molecule has 1 fully saturated rings. The van der Waals surface area contributed by atoms with Crippen LogP contribution in [0.3, 0.4) is 0 Å². The van der Waals surface area contributed by atoms with Gasteiger partial charge in [-0.25, -0.2) is 4.39 Å². The average molecular weight is 236 g/mol. The minimum Gasteiger partial charge on any atom is -0.465 e. The molecule has 0 spiro atoms. The standard InChI is InChI=1S/C14H17FO2/c1-2-3-8-17-14(16)13-9-12(13)10-4-6-11(15)7-5-10/h4-7,12-13H,2-3,8-9H2,1H3. The number of carbonyl (C=O) groups excluding carboxylic acids is 1. The Morgan fingerprint density at radius 2 is 2.12 bits per heavy atom. The number of carbonyl (C=O) groups is 1. The van der Waals surface area contributed by atoms with E-state index in [9.17, 15) is 9.18 Å². The first-order valence-corrected chi connectivity index (χ1v) is 6.14. The maximum Gasteiger partial charge on any atom is 0.309 e. The van der Waals surface area contributed by atoms with E-state index in [4.69, 9.17) is 4.74 Å². The van der Waals surface area contributed by atoms with Crippen LogP contribution in [-0.4, -0.2) is 12.6 Å². The molecule has 0 heterocycles. The first kappa shape index (κ1) is 12.1. The first-order chi connectivity index (χ1) is 8.22. The van der Waals surface area contributed by atoms with Crippen molar-refractivity contribution in [2.75, 3.05) is 6.61 Å². The molecular weight excluding hydrogens is 219 g/mol. The maximum atomic E-state index is 12.7. The lowest BCUT2D eigenvalue weighted by atomic mass is 10.1. The van der Waals surface area contributed by atoms with Crippen molar-refractivity contribution in [3.8, 4) is 0 Å². The van der Waals surface area contributed by atoms with Crippen LogP contribution in [0, 0.1) is 11.7 Å². The molecule has 0 saturated heterocycles. The van der Waals surface area contributed by atoms with Gasteiger partial charge in [-0.05, 0) is 36.5 Å². The predicted molar refractivity (Wildman–Crippen MR) is 63.1 cm³/mol. The van der Waals surface area contributed by atoms with Crippen molar-refractivity contribution in [2.45, 2.75) is 32.1 Å². The summed E-state index contributed by atoms with van der Waals surface area (Å²) in [6.07, 6.45) is 2.77. The summed E-state index contributed by atoms with van der Waals surface area (Å²) < 4.78 is 17.9. The summed E-state index contributed by atoms with van der Waals surface area (Å²) in [5.74, 6) is -0.133. The number of halogens is 1. The predicted octanol–water partition coefficient (Wildman–Crippen LogP) is 3.27. The number of rotatable bonds is 5. The largest absolute Gasteiger partial charge is 0.465 e. The van der Waals surface area contributed by atoms with Crippen LogP contribution in [0.2, 0.25) is 0 Å². The van der Waals surface area contributed by atoms with Crippen molar-refractivity contribution in [1.82, 2.24) is 0 Å². The van der Waals surface area contributed by atoms with Crippen molar-refractivity contribution in [2.24, 2.45) is 5.92 Å². The molecule has 0 radical (unpaired) electrons. The Balaban J connectivity index is 1.83. The van der Waals surface area contributed by atoms with Crippen molar-refractivity contribution in [3.05, 3.63) is 35.6 Å². The van der Waals surface area contributed by atoms with Crippen molar-refractivity contribution >= 4 is 5.97 Å². The van der Waals surface area contributed by atoms with Gasteiger partial charge in [-0.1, -0.05) is 25.5 Å². The van der Waals surface area contributed by atoms with Gasteiger partial charge in [0.1, 0.15) is 5.82 Å². The van der Waals surface area contributed by atoms with Gasteiger partial charge in [0.25, 0.3) is 0 Å². The fraction of sp³-hybridized carbons (Fsp3) is 0.500. The molecule has 92 valence electrons. The van der Waals surface area contributed by atoms with Gasteiger partial charge < -0.3 is 4.74 Å². The van der Waals surface area contributed by atoms with Gasteiger partial charge >= 0.3 is 5.97 Å². The summed E-state index contributed by atoms with van der Waals surface area (Å²) in [6.45, 7) is 2.58. The zero-order valence-corrected chi connectivity index (χ0v) is 9.99. The van der Waals surface area contributed by atoms with Crippen molar-refractivity contribution < 1.29 is 13.9 Å². The average Bonchev–Trinajstić information content (AvgIpc) is 3.10. The molecule has 2 rings (SSSR count). The highest BCUT2D eigenvalue weighted by Gasteiger charge is 2.45. The Bertz CT molecular complexity index is 386. The fourth-order valence-electron chi connectivity index (χ4n) is 1.96. The van der Waals surface area contributed by atoms with Crippen molar-refractivity contribution in [3.63, 3.8) is 0 Å². The summed E-state index contributed by atoms with van der Waals surface area (Å²) in [5.41, 5.74) is 1.03. The highest BCUT2D eigenvalue weighted by atomic mass is 19.1. The maximum absolute atomic E-state index is 12.7. The zero-order chi connectivity index (χ0) is 12.3. The van der Waals surface area contributed by atoms with E-state index < -0.39 is 0 Å². The molecule has 2 nitrogen and oxygen atoms in total. The fourth-order valence-corrected chi connectivity index (χ4v) is 1.96. The Hall–Kier alpha value is -1.38. The van der Waals surface area contributed by atoms with Crippen LogP contribution < -0.4 is 0 Å². The number of ether oxygens (including phenoxy) is 1. The van der Waals surface area contributed by atoms with Gasteiger partial charge in [-0.2, -0.15) is 0 Å². The highest BCUT2D eigenvalue weighted by molar-refractivity contribution is 5.77. The second kappa shape index (κ2) is 5.30.